The molecule has 0 aromatic carbocycles. The van der Waals surface area contributed by atoms with E-state index in [1.165, 1.54) is 31.4 Å². The van der Waals surface area contributed by atoms with Gasteiger partial charge in [0.25, 0.3) is 0 Å². The highest BCUT2D eigenvalue weighted by Gasteiger charge is 2.35. The summed E-state index contributed by atoms with van der Waals surface area (Å²) in [5.74, 6) is 0. The second-order valence-corrected chi connectivity index (χ2v) is 5.38. The van der Waals surface area contributed by atoms with E-state index in [2.05, 4.69) is 35.5 Å². The van der Waals surface area contributed by atoms with Gasteiger partial charge in [-0.15, -0.1) is 0 Å². The monoisotopic (exact) mass is 236 g/mol. The van der Waals surface area contributed by atoms with E-state index in [0.717, 1.165) is 13.1 Å². The first kappa shape index (κ1) is 12.6. The predicted molar refractivity (Wildman–Crippen MR) is 69.8 cm³/mol. The van der Waals surface area contributed by atoms with Crippen molar-refractivity contribution in [3.8, 4) is 0 Å². The Hall–Kier alpha value is -0.870. The van der Waals surface area contributed by atoms with E-state index in [0.29, 0.717) is 5.54 Å². The summed E-state index contributed by atoms with van der Waals surface area (Å²) in [6, 6.07) is 2.07. The zero-order chi connectivity index (χ0) is 12.3. The number of likely N-dealkylation sites (N-methyl/N-ethyl adjacent to an activating group) is 1. The number of aromatic nitrogens is 2. The van der Waals surface area contributed by atoms with Gasteiger partial charge in [-0.1, -0.05) is 12.8 Å². The van der Waals surface area contributed by atoms with Crippen LogP contribution in [0.25, 0.3) is 0 Å². The van der Waals surface area contributed by atoms with Crippen LogP contribution in [0.4, 0.5) is 0 Å². The van der Waals surface area contributed by atoms with E-state index in [1.54, 1.807) is 0 Å². The Kier molecular flexibility index (Phi) is 3.84. The fraction of sp³-hybridized carbons (Fsp3) is 0.769. The Bertz CT molecular complexity index is 350. The molecule has 4 heteroatoms. The number of nitrogens with zero attached hydrogens (tertiary/aromatic N) is 3. The van der Waals surface area contributed by atoms with E-state index < -0.39 is 0 Å². The van der Waals surface area contributed by atoms with Gasteiger partial charge in [0, 0.05) is 31.9 Å². The highest BCUT2D eigenvalue weighted by Crippen LogP contribution is 2.33. The van der Waals surface area contributed by atoms with Gasteiger partial charge in [0.05, 0.1) is 5.69 Å². The largest absolute Gasteiger partial charge is 0.309 e. The van der Waals surface area contributed by atoms with Crippen LogP contribution in [-0.4, -0.2) is 40.9 Å². The van der Waals surface area contributed by atoms with Crippen molar-refractivity contribution in [2.24, 2.45) is 7.05 Å². The Labute approximate surface area is 104 Å². The van der Waals surface area contributed by atoms with Crippen LogP contribution in [0.3, 0.4) is 0 Å². The molecule has 0 aliphatic heterocycles. The molecule has 0 saturated heterocycles. The summed E-state index contributed by atoms with van der Waals surface area (Å²) < 4.78 is 1.93. The lowest BCUT2D eigenvalue weighted by molar-refractivity contribution is 0.153. The van der Waals surface area contributed by atoms with Crippen molar-refractivity contribution in [1.29, 1.82) is 0 Å². The average molecular weight is 236 g/mol. The first-order chi connectivity index (χ1) is 8.14. The molecule has 2 rings (SSSR count). The minimum atomic E-state index is 0.374. The Morgan fingerprint density at radius 1 is 1.41 bits per heavy atom. The molecule has 0 radical (unpaired) electrons. The van der Waals surface area contributed by atoms with Crippen molar-refractivity contribution in [2.45, 2.75) is 37.8 Å². The van der Waals surface area contributed by atoms with Gasteiger partial charge in [0.1, 0.15) is 0 Å². The standard InChI is InChI=1S/C13H24N4/c1-16(2)13(7-4-5-8-13)11-14-10-12-6-9-15-17(12)3/h6,9,14H,4-5,7-8,10-11H2,1-3H3. The fourth-order valence-electron chi connectivity index (χ4n) is 2.81. The topological polar surface area (TPSA) is 33.1 Å². The maximum Gasteiger partial charge on any atom is 0.0518 e. The molecule has 1 aliphatic rings. The quantitative estimate of drug-likeness (QED) is 0.838. The van der Waals surface area contributed by atoms with E-state index >= 15 is 0 Å². The smallest absolute Gasteiger partial charge is 0.0518 e. The minimum absolute atomic E-state index is 0.374. The third-order valence-electron chi connectivity index (χ3n) is 4.17. The Morgan fingerprint density at radius 2 is 2.12 bits per heavy atom. The maximum atomic E-state index is 4.19. The van der Waals surface area contributed by atoms with Gasteiger partial charge in [0.15, 0.2) is 0 Å². The summed E-state index contributed by atoms with van der Waals surface area (Å²) in [5, 5.41) is 7.78. The molecular formula is C13H24N4. The Balaban J connectivity index is 1.86. The van der Waals surface area contributed by atoms with Crippen LogP contribution in [0.5, 0.6) is 0 Å². The molecule has 1 N–H and O–H groups in total. The van der Waals surface area contributed by atoms with Crippen molar-refractivity contribution in [3.05, 3.63) is 18.0 Å². The van der Waals surface area contributed by atoms with Gasteiger partial charge >= 0.3 is 0 Å². The van der Waals surface area contributed by atoms with Crippen molar-refractivity contribution in [1.82, 2.24) is 20.0 Å². The zero-order valence-electron chi connectivity index (χ0n) is 11.2. The molecule has 1 aromatic heterocycles. The van der Waals surface area contributed by atoms with Gasteiger partial charge in [0.2, 0.25) is 0 Å². The third kappa shape index (κ3) is 2.69. The van der Waals surface area contributed by atoms with Crippen LogP contribution in [0.15, 0.2) is 12.3 Å². The number of hydrogen-bond acceptors (Lipinski definition) is 3. The zero-order valence-corrected chi connectivity index (χ0v) is 11.2. The van der Waals surface area contributed by atoms with E-state index in [9.17, 15) is 0 Å². The molecule has 1 heterocycles. The van der Waals surface area contributed by atoms with Gasteiger partial charge in [-0.05, 0) is 33.0 Å². The van der Waals surface area contributed by atoms with Crippen LogP contribution in [0, 0.1) is 0 Å². The lowest BCUT2D eigenvalue weighted by atomic mass is 9.96. The molecule has 0 unspecified atom stereocenters. The van der Waals surface area contributed by atoms with Gasteiger partial charge in [-0.2, -0.15) is 5.10 Å². The number of rotatable bonds is 5. The average Bonchev–Trinajstić information content (AvgIpc) is 2.90. The molecule has 1 aliphatic carbocycles. The molecule has 0 atom stereocenters. The van der Waals surface area contributed by atoms with Crippen molar-refractivity contribution in [3.63, 3.8) is 0 Å². The van der Waals surface area contributed by atoms with Crippen LogP contribution in [-0.2, 0) is 13.6 Å². The number of aryl methyl sites for hydroxylation is 1. The summed E-state index contributed by atoms with van der Waals surface area (Å²) in [4.78, 5) is 2.40. The molecule has 96 valence electrons. The van der Waals surface area contributed by atoms with Crippen LogP contribution >= 0.6 is 0 Å². The molecule has 4 nitrogen and oxygen atoms in total. The van der Waals surface area contributed by atoms with Gasteiger partial charge < -0.3 is 10.2 Å². The molecule has 0 spiro atoms. The third-order valence-corrected chi connectivity index (χ3v) is 4.17. The first-order valence-electron chi connectivity index (χ1n) is 6.49. The second kappa shape index (κ2) is 5.19. The molecule has 17 heavy (non-hydrogen) atoms. The highest BCUT2D eigenvalue weighted by molar-refractivity contribution is 5.01. The Morgan fingerprint density at radius 3 is 2.65 bits per heavy atom. The predicted octanol–water partition coefficient (Wildman–Crippen LogP) is 1.38. The number of hydrogen-bond donors (Lipinski definition) is 1. The van der Waals surface area contributed by atoms with Crippen molar-refractivity contribution in [2.75, 3.05) is 20.6 Å². The SMILES string of the molecule is CN(C)C1(CNCc2ccnn2C)CCCC1. The van der Waals surface area contributed by atoms with Crippen LogP contribution < -0.4 is 5.32 Å². The second-order valence-electron chi connectivity index (χ2n) is 5.38. The molecule has 0 amide bonds. The van der Waals surface area contributed by atoms with E-state index in [1.807, 2.05) is 17.9 Å². The van der Waals surface area contributed by atoms with Gasteiger partial charge in [-0.25, -0.2) is 0 Å². The van der Waals surface area contributed by atoms with Crippen LogP contribution in [0.2, 0.25) is 0 Å². The summed E-state index contributed by atoms with van der Waals surface area (Å²) in [5.41, 5.74) is 1.62. The van der Waals surface area contributed by atoms with Crippen molar-refractivity contribution >= 4 is 0 Å². The molecule has 1 aromatic rings. The van der Waals surface area contributed by atoms with Crippen molar-refractivity contribution < 1.29 is 0 Å². The summed E-state index contributed by atoms with van der Waals surface area (Å²) in [6.45, 7) is 1.98. The highest BCUT2D eigenvalue weighted by atomic mass is 15.3. The summed E-state index contributed by atoms with van der Waals surface area (Å²) in [6.07, 6.45) is 7.22. The molecule has 1 fully saturated rings. The first-order valence-corrected chi connectivity index (χ1v) is 6.49. The lowest BCUT2D eigenvalue weighted by Crippen LogP contribution is -2.49. The number of nitrogens with one attached hydrogen (secondary N) is 1. The van der Waals surface area contributed by atoms with E-state index in [4.69, 9.17) is 0 Å². The van der Waals surface area contributed by atoms with Gasteiger partial charge in [-0.3, -0.25) is 4.68 Å². The minimum Gasteiger partial charge on any atom is -0.309 e. The lowest BCUT2D eigenvalue weighted by Gasteiger charge is -2.36. The molecular weight excluding hydrogens is 212 g/mol. The normalized spacial score (nSPS) is 19.1. The molecule has 1 saturated carbocycles. The van der Waals surface area contributed by atoms with Crippen LogP contribution in [0.1, 0.15) is 31.4 Å². The summed E-state index contributed by atoms with van der Waals surface area (Å²) >= 11 is 0. The fourth-order valence-corrected chi connectivity index (χ4v) is 2.81. The molecule has 0 bridgehead atoms. The summed E-state index contributed by atoms with van der Waals surface area (Å²) in [7, 11) is 6.41. The van der Waals surface area contributed by atoms with E-state index in [-0.39, 0.29) is 0 Å². The maximum absolute atomic E-state index is 4.19.